The molecule has 0 saturated heterocycles. The summed E-state index contributed by atoms with van der Waals surface area (Å²) in [6, 6.07) is 37.1. The Labute approximate surface area is 270 Å². The molecule has 0 aromatic heterocycles. The van der Waals surface area contributed by atoms with Gasteiger partial charge in [-0.15, -0.1) is 0 Å². The van der Waals surface area contributed by atoms with Crippen molar-refractivity contribution in [3.8, 4) is 28.4 Å². The molecule has 5 rings (SSSR count). The third-order valence-corrected chi connectivity index (χ3v) is 8.20. The lowest BCUT2D eigenvalue weighted by atomic mass is 9.87. The lowest BCUT2D eigenvalue weighted by Crippen LogP contribution is -2.53. The third kappa shape index (κ3) is 8.15. The van der Waals surface area contributed by atoms with Gasteiger partial charge in [-0.1, -0.05) is 102 Å². The Balaban J connectivity index is 1.19. The normalized spacial score (nSPS) is 11.7. The maximum Gasteiger partial charge on any atom is 0.156 e. The van der Waals surface area contributed by atoms with E-state index in [4.69, 9.17) is 37.4 Å². The molecule has 5 aromatic carbocycles. The number of halogens is 2. The summed E-state index contributed by atoms with van der Waals surface area (Å²) in [6.45, 7) is 6.18. The van der Waals surface area contributed by atoms with Crippen molar-refractivity contribution >= 4 is 23.2 Å². The number of hydrogen-bond donors (Lipinski definition) is 1. The molecule has 0 fully saturated rings. The molecular formula is C38H38Cl2NO3+. The zero-order valence-corrected chi connectivity index (χ0v) is 26.7. The highest BCUT2D eigenvalue weighted by Gasteiger charge is 2.17. The van der Waals surface area contributed by atoms with Gasteiger partial charge < -0.3 is 19.9 Å². The summed E-state index contributed by atoms with van der Waals surface area (Å²) in [5.74, 6) is 2.46. The lowest BCUT2D eigenvalue weighted by molar-refractivity contribution is -0.372. The smallest absolute Gasteiger partial charge is 0.156 e. The van der Waals surface area contributed by atoms with E-state index in [1.165, 1.54) is 16.7 Å². The minimum absolute atomic E-state index is 0.304. The Morgan fingerprint density at radius 3 is 2.07 bits per heavy atom. The van der Waals surface area contributed by atoms with Crippen LogP contribution >= 0.6 is 23.2 Å². The molecule has 3 N–H and O–H groups in total. The standard InChI is InChI=1S/C38H37Cl2NO3/c1-26-20-35(39)38(36(40)21-26)43-19-18-42-32-15-12-28(13-16-32)23-31(24-41)33-17-14-30(22-27(33)2)34-10-6-7-11-37(34)44-25-29-8-4-3-5-9-29/h3-17,20-22,31H,18-19,23-25,41H2,1-2H3/p+1. The van der Waals surface area contributed by atoms with Gasteiger partial charge in [-0.3, -0.25) is 0 Å². The van der Waals surface area contributed by atoms with E-state index in [2.05, 4.69) is 67.3 Å². The second-order valence-corrected chi connectivity index (χ2v) is 11.7. The number of aryl methyl sites for hydroxylation is 2. The molecule has 1 unspecified atom stereocenters. The fraction of sp³-hybridized carbons (Fsp3) is 0.211. The van der Waals surface area contributed by atoms with Crippen LogP contribution in [0.15, 0.2) is 109 Å². The minimum atomic E-state index is 0.304. The molecule has 0 spiro atoms. The molecule has 0 aliphatic rings. The summed E-state index contributed by atoms with van der Waals surface area (Å²) < 4.78 is 17.9. The van der Waals surface area contributed by atoms with Crippen LogP contribution in [0.1, 0.15) is 33.7 Å². The number of para-hydroxylation sites is 1. The van der Waals surface area contributed by atoms with Gasteiger partial charge >= 0.3 is 0 Å². The second kappa shape index (κ2) is 15.2. The van der Waals surface area contributed by atoms with E-state index in [-0.39, 0.29) is 0 Å². The Bertz CT molecular complexity index is 1650. The number of quaternary nitrogens is 1. The van der Waals surface area contributed by atoms with Crippen molar-refractivity contribution in [1.82, 2.24) is 0 Å². The van der Waals surface area contributed by atoms with Crippen LogP contribution in [-0.4, -0.2) is 19.8 Å². The van der Waals surface area contributed by atoms with Crippen LogP contribution in [0.5, 0.6) is 17.2 Å². The highest BCUT2D eigenvalue weighted by atomic mass is 35.5. The number of ether oxygens (including phenoxy) is 3. The highest BCUT2D eigenvalue weighted by molar-refractivity contribution is 6.37. The van der Waals surface area contributed by atoms with Gasteiger partial charge in [-0.05, 0) is 84.0 Å². The summed E-state index contributed by atoms with van der Waals surface area (Å²) in [5.41, 5.74) is 12.5. The quantitative estimate of drug-likeness (QED) is 0.133. The average Bonchev–Trinajstić information content (AvgIpc) is 3.03. The first-order valence-corrected chi connectivity index (χ1v) is 15.6. The molecule has 226 valence electrons. The summed E-state index contributed by atoms with van der Waals surface area (Å²) in [6.07, 6.45) is 0.897. The van der Waals surface area contributed by atoms with E-state index in [0.29, 0.717) is 41.5 Å². The van der Waals surface area contributed by atoms with Crippen molar-refractivity contribution in [2.75, 3.05) is 19.8 Å². The molecule has 5 aromatic rings. The topological polar surface area (TPSA) is 55.3 Å². The molecule has 44 heavy (non-hydrogen) atoms. The lowest BCUT2D eigenvalue weighted by Gasteiger charge is -2.18. The third-order valence-electron chi connectivity index (χ3n) is 7.64. The first-order chi connectivity index (χ1) is 21.4. The Morgan fingerprint density at radius 1 is 0.682 bits per heavy atom. The van der Waals surface area contributed by atoms with Crippen molar-refractivity contribution in [3.05, 3.63) is 147 Å². The summed E-state index contributed by atoms with van der Waals surface area (Å²) in [4.78, 5) is 0. The molecule has 4 nitrogen and oxygen atoms in total. The van der Waals surface area contributed by atoms with Gasteiger partial charge in [-0.25, -0.2) is 0 Å². The van der Waals surface area contributed by atoms with Crippen LogP contribution in [0.25, 0.3) is 11.1 Å². The molecule has 0 saturated carbocycles. The van der Waals surface area contributed by atoms with E-state index in [9.17, 15) is 0 Å². The van der Waals surface area contributed by atoms with E-state index in [0.717, 1.165) is 46.7 Å². The molecule has 0 heterocycles. The molecule has 1 atom stereocenters. The van der Waals surface area contributed by atoms with E-state index >= 15 is 0 Å². The predicted octanol–water partition coefficient (Wildman–Crippen LogP) is 8.88. The van der Waals surface area contributed by atoms with E-state index in [1.807, 2.05) is 61.5 Å². The zero-order chi connectivity index (χ0) is 30.9. The number of rotatable bonds is 13. The molecule has 0 bridgehead atoms. The number of benzene rings is 5. The first-order valence-electron chi connectivity index (χ1n) is 14.9. The van der Waals surface area contributed by atoms with Gasteiger partial charge in [-0.2, -0.15) is 0 Å². The summed E-state index contributed by atoms with van der Waals surface area (Å²) in [5, 5.41) is 1.00. The van der Waals surface area contributed by atoms with Gasteiger partial charge in [0.15, 0.2) is 5.75 Å². The minimum Gasteiger partial charge on any atom is -0.490 e. The maximum absolute atomic E-state index is 6.27. The van der Waals surface area contributed by atoms with E-state index < -0.39 is 0 Å². The van der Waals surface area contributed by atoms with Crippen molar-refractivity contribution < 1.29 is 19.9 Å². The largest absolute Gasteiger partial charge is 0.490 e. The number of hydrogen-bond acceptors (Lipinski definition) is 3. The van der Waals surface area contributed by atoms with Gasteiger partial charge in [0.1, 0.15) is 31.3 Å². The van der Waals surface area contributed by atoms with Crippen LogP contribution in [0.3, 0.4) is 0 Å². The molecular weight excluding hydrogens is 589 g/mol. The fourth-order valence-electron chi connectivity index (χ4n) is 5.37. The zero-order valence-electron chi connectivity index (χ0n) is 25.2. The molecule has 6 heteroatoms. The van der Waals surface area contributed by atoms with Crippen LogP contribution in [-0.2, 0) is 13.0 Å². The van der Waals surface area contributed by atoms with Crippen molar-refractivity contribution in [2.45, 2.75) is 32.8 Å². The fourth-order valence-corrected chi connectivity index (χ4v) is 6.07. The maximum atomic E-state index is 6.27. The van der Waals surface area contributed by atoms with Gasteiger partial charge in [0, 0.05) is 11.5 Å². The van der Waals surface area contributed by atoms with Crippen LogP contribution in [0, 0.1) is 13.8 Å². The molecule has 0 radical (unpaired) electrons. The van der Waals surface area contributed by atoms with Gasteiger partial charge in [0.2, 0.25) is 0 Å². The SMILES string of the molecule is Cc1cc(Cl)c(OCCOc2ccc(CC(C[NH3+])c3ccc(-c4ccccc4OCc4ccccc4)cc3C)cc2)c(Cl)c1. The van der Waals surface area contributed by atoms with Crippen molar-refractivity contribution in [2.24, 2.45) is 0 Å². The molecule has 0 amide bonds. The first kappa shape index (κ1) is 31.5. The monoisotopic (exact) mass is 626 g/mol. The molecule has 0 aliphatic heterocycles. The van der Waals surface area contributed by atoms with Crippen molar-refractivity contribution in [3.63, 3.8) is 0 Å². The summed E-state index contributed by atoms with van der Waals surface area (Å²) in [7, 11) is 0. The Kier molecular flexibility index (Phi) is 10.8. The van der Waals surface area contributed by atoms with Crippen LogP contribution < -0.4 is 19.9 Å². The van der Waals surface area contributed by atoms with E-state index in [1.54, 1.807) is 0 Å². The van der Waals surface area contributed by atoms with Gasteiger partial charge in [0.25, 0.3) is 0 Å². The Morgan fingerprint density at radius 2 is 1.36 bits per heavy atom. The predicted molar refractivity (Wildman–Crippen MR) is 180 cm³/mol. The van der Waals surface area contributed by atoms with Crippen molar-refractivity contribution in [1.29, 1.82) is 0 Å². The van der Waals surface area contributed by atoms with Crippen LogP contribution in [0.4, 0.5) is 0 Å². The highest BCUT2D eigenvalue weighted by Crippen LogP contribution is 2.35. The molecule has 0 aliphatic carbocycles. The summed E-state index contributed by atoms with van der Waals surface area (Å²) >= 11 is 12.5. The average molecular weight is 628 g/mol. The van der Waals surface area contributed by atoms with Gasteiger partial charge in [0.05, 0.1) is 16.6 Å². The Hall–Kier alpha value is -3.96. The second-order valence-electron chi connectivity index (χ2n) is 10.9. The van der Waals surface area contributed by atoms with Crippen LogP contribution in [0.2, 0.25) is 10.0 Å².